The van der Waals surface area contributed by atoms with Crippen LogP contribution < -0.4 is 26.2 Å². The standard InChI is InChI=1S/C30H30FN7O5/c1-4-43-29(39)26-28(33-17-37(26)16-18-8-6-5-7-9-18)38-30(40)35-27(36-38)25(34-20-12-10-19(32)11-13-20)21-14-23(41-2)24(42-3)15-22(21)31/h5-15,17,25,34H,4,16,32H2,1-3H3,(H,35,36,40). The van der Waals surface area contributed by atoms with E-state index < -0.39 is 23.5 Å². The Morgan fingerprint density at radius 3 is 2.44 bits per heavy atom. The van der Waals surface area contributed by atoms with Crippen molar-refractivity contribution in [2.24, 2.45) is 0 Å². The Balaban J connectivity index is 1.62. The van der Waals surface area contributed by atoms with E-state index in [1.54, 1.807) is 35.8 Å². The molecule has 13 heteroatoms. The monoisotopic (exact) mass is 587 g/mol. The lowest BCUT2D eigenvalue weighted by atomic mass is 10.0. The minimum Gasteiger partial charge on any atom is -0.493 e. The molecule has 0 fully saturated rings. The van der Waals surface area contributed by atoms with Crippen LogP contribution in [0.3, 0.4) is 0 Å². The molecule has 0 radical (unpaired) electrons. The number of hydrogen-bond donors (Lipinski definition) is 3. The highest BCUT2D eigenvalue weighted by atomic mass is 19.1. The smallest absolute Gasteiger partial charge is 0.358 e. The van der Waals surface area contributed by atoms with Crippen LogP contribution in [0.2, 0.25) is 0 Å². The molecule has 5 rings (SSSR count). The largest absolute Gasteiger partial charge is 0.493 e. The van der Waals surface area contributed by atoms with Gasteiger partial charge in [-0.3, -0.25) is 4.98 Å². The van der Waals surface area contributed by atoms with Crippen LogP contribution in [0.15, 0.2) is 77.9 Å². The number of aromatic nitrogens is 5. The molecule has 0 spiro atoms. The zero-order valence-corrected chi connectivity index (χ0v) is 23.7. The topological polar surface area (TPSA) is 151 Å². The Bertz CT molecular complexity index is 1780. The van der Waals surface area contributed by atoms with Crippen molar-refractivity contribution in [3.8, 4) is 17.3 Å². The lowest BCUT2D eigenvalue weighted by Gasteiger charge is -2.20. The third-order valence-electron chi connectivity index (χ3n) is 6.63. The Hall–Kier alpha value is -5.59. The number of ether oxygens (including phenoxy) is 3. The number of rotatable bonds is 11. The van der Waals surface area contributed by atoms with Gasteiger partial charge in [0, 0.05) is 29.5 Å². The van der Waals surface area contributed by atoms with Gasteiger partial charge in [0.25, 0.3) is 0 Å². The summed E-state index contributed by atoms with van der Waals surface area (Å²) < 4.78 is 34.0. The molecule has 43 heavy (non-hydrogen) atoms. The molecule has 3 aromatic carbocycles. The van der Waals surface area contributed by atoms with Crippen molar-refractivity contribution < 1.29 is 23.4 Å². The zero-order valence-electron chi connectivity index (χ0n) is 23.7. The zero-order chi connectivity index (χ0) is 30.5. The number of hydrogen-bond acceptors (Lipinski definition) is 9. The van der Waals surface area contributed by atoms with Gasteiger partial charge in [-0.2, -0.15) is 4.68 Å². The van der Waals surface area contributed by atoms with Crippen molar-refractivity contribution in [2.75, 3.05) is 31.9 Å². The summed E-state index contributed by atoms with van der Waals surface area (Å²) in [7, 11) is 2.83. The van der Waals surface area contributed by atoms with E-state index in [-0.39, 0.29) is 41.0 Å². The number of nitrogens with two attached hydrogens (primary N) is 1. The molecule has 1 atom stereocenters. The van der Waals surface area contributed by atoms with Crippen molar-refractivity contribution in [3.05, 3.63) is 112 Å². The number of aromatic amines is 1. The molecule has 0 saturated heterocycles. The first kappa shape index (κ1) is 28.9. The first-order valence-electron chi connectivity index (χ1n) is 13.3. The molecule has 1 unspecified atom stereocenters. The summed E-state index contributed by atoms with van der Waals surface area (Å²) in [5.74, 6) is -0.849. The van der Waals surface area contributed by atoms with Gasteiger partial charge in [-0.05, 0) is 42.8 Å². The fourth-order valence-electron chi connectivity index (χ4n) is 4.58. The van der Waals surface area contributed by atoms with E-state index in [9.17, 15) is 9.59 Å². The second-order valence-corrected chi connectivity index (χ2v) is 9.41. The van der Waals surface area contributed by atoms with Gasteiger partial charge in [-0.25, -0.2) is 19.0 Å². The minimum atomic E-state index is -1.02. The predicted octanol–water partition coefficient (Wildman–Crippen LogP) is 3.92. The quantitative estimate of drug-likeness (QED) is 0.154. The third kappa shape index (κ3) is 6.05. The van der Waals surface area contributed by atoms with Crippen LogP contribution in [0.1, 0.15) is 40.4 Å². The molecule has 222 valence electrons. The first-order valence-corrected chi connectivity index (χ1v) is 13.3. The molecule has 0 aliphatic carbocycles. The Morgan fingerprint density at radius 1 is 1.07 bits per heavy atom. The van der Waals surface area contributed by atoms with E-state index in [0.717, 1.165) is 10.2 Å². The first-order chi connectivity index (χ1) is 20.8. The summed E-state index contributed by atoms with van der Waals surface area (Å²) in [5.41, 5.74) is 7.30. The highest BCUT2D eigenvalue weighted by molar-refractivity contribution is 5.91. The van der Waals surface area contributed by atoms with Gasteiger partial charge < -0.3 is 29.8 Å². The average Bonchev–Trinajstić information content (AvgIpc) is 3.60. The van der Waals surface area contributed by atoms with Crippen LogP contribution in [0.5, 0.6) is 11.5 Å². The number of methoxy groups -OCH3 is 2. The van der Waals surface area contributed by atoms with Gasteiger partial charge in [0.2, 0.25) is 0 Å². The normalized spacial score (nSPS) is 11.6. The van der Waals surface area contributed by atoms with Crippen molar-refractivity contribution in [1.82, 2.24) is 24.3 Å². The summed E-state index contributed by atoms with van der Waals surface area (Å²) >= 11 is 0. The maximum atomic E-state index is 15.6. The highest BCUT2D eigenvalue weighted by Gasteiger charge is 2.28. The summed E-state index contributed by atoms with van der Waals surface area (Å²) in [4.78, 5) is 33.5. The van der Waals surface area contributed by atoms with Crippen LogP contribution in [0.25, 0.3) is 5.82 Å². The average molecular weight is 588 g/mol. The van der Waals surface area contributed by atoms with Crippen LogP contribution in [0.4, 0.5) is 15.8 Å². The Morgan fingerprint density at radius 2 is 1.77 bits per heavy atom. The molecular weight excluding hydrogens is 557 g/mol. The molecule has 0 amide bonds. The van der Waals surface area contributed by atoms with E-state index in [2.05, 4.69) is 20.4 Å². The third-order valence-corrected chi connectivity index (χ3v) is 6.63. The summed E-state index contributed by atoms with van der Waals surface area (Å²) in [5, 5.41) is 7.67. The van der Waals surface area contributed by atoms with Crippen molar-refractivity contribution in [2.45, 2.75) is 19.5 Å². The predicted molar refractivity (Wildman–Crippen MR) is 157 cm³/mol. The minimum absolute atomic E-state index is 0.0335. The van der Waals surface area contributed by atoms with E-state index in [4.69, 9.17) is 19.9 Å². The molecule has 2 aromatic heterocycles. The van der Waals surface area contributed by atoms with Gasteiger partial charge in [0.05, 0.1) is 27.2 Å². The molecule has 0 bridgehead atoms. The van der Waals surface area contributed by atoms with E-state index in [0.29, 0.717) is 17.9 Å². The Kier molecular flexibility index (Phi) is 8.41. The number of halogens is 1. The SMILES string of the molecule is CCOC(=O)c1c(-n2nc(C(Nc3ccc(N)cc3)c3cc(OC)c(OC)cc3F)[nH]c2=O)ncn1Cc1ccccc1. The molecule has 12 nitrogen and oxygen atoms in total. The van der Waals surface area contributed by atoms with E-state index in [1.165, 1.54) is 32.7 Å². The van der Waals surface area contributed by atoms with E-state index in [1.807, 2.05) is 30.3 Å². The van der Waals surface area contributed by atoms with Crippen molar-refractivity contribution in [1.29, 1.82) is 0 Å². The molecule has 4 N–H and O–H groups in total. The fraction of sp³-hybridized carbons (Fsp3) is 0.200. The number of H-pyrrole nitrogens is 1. The maximum absolute atomic E-state index is 15.6. The number of anilines is 2. The molecule has 0 saturated carbocycles. The number of nitrogens with zero attached hydrogens (tertiary/aromatic N) is 4. The summed E-state index contributed by atoms with van der Waals surface area (Å²) in [6.45, 7) is 2.09. The van der Waals surface area contributed by atoms with Gasteiger partial charge >= 0.3 is 11.7 Å². The number of imidazole rings is 1. The van der Waals surface area contributed by atoms with Crippen molar-refractivity contribution >= 4 is 17.3 Å². The lowest BCUT2D eigenvalue weighted by molar-refractivity contribution is 0.0514. The number of nitrogens with one attached hydrogen (secondary N) is 2. The second kappa shape index (κ2) is 12.5. The molecule has 0 aliphatic rings. The fourth-order valence-corrected chi connectivity index (χ4v) is 4.58. The van der Waals surface area contributed by atoms with Gasteiger partial charge in [0.1, 0.15) is 11.9 Å². The maximum Gasteiger partial charge on any atom is 0.358 e. The number of esters is 1. The van der Waals surface area contributed by atoms with E-state index >= 15 is 4.39 Å². The Labute approximate surface area is 245 Å². The highest BCUT2D eigenvalue weighted by Crippen LogP contribution is 2.35. The lowest BCUT2D eigenvalue weighted by Crippen LogP contribution is -2.21. The molecule has 5 aromatic rings. The van der Waals surface area contributed by atoms with Crippen LogP contribution >= 0.6 is 0 Å². The van der Waals surface area contributed by atoms with Crippen molar-refractivity contribution in [3.63, 3.8) is 0 Å². The van der Waals surface area contributed by atoms with Crippen LogP contribution in [-0.2, 0) is 11.3 Å². The van der Waals surface area contributed by atoms with Crippen LogP contribution in [0, 0.1) is 5.82 Å². The molecular formula is C30H30FN7O5. The number of carbonyl (C=O) groups excluding carboxylic acids is 1. The van der Waals surface area contributed by atoms with Gasteiger partial charge in [-0.15, -0.1) is 5.10 Å². The summed E-state index contributed by atoms with van der Waals surface area (Å²) in [6, 6.07) is 17.8. The number of benzene rings is 3. The molecule has 2 heterocycles. The number of nitrogen functional groups attached to an aromatic ring is 1. The second-order valence-electron chi connectivity index (χ2n) is 9.41. The summed E-state index contributed by atoms with van der Waals surface area (Å²) in [6.07, 6.45) is 1.44. The van der Waals surface area contributed by atoms with Crippen LogP contribution in [-0.4, -0.2) is 51.1 Å². The molecule has 0 aliphatic heterocycles. The van der Waals surface area contributed by atoms with Gasteiger partial charge in [0.15, 0.2) is 28.8 Å². The van der Waals surface area contributed by atoms with Gasteiger partial charge in [-0.1, -0.05) is 30.3 Å². The number of carbonyl (C=O) groups is 1.